The molecule has 0 aliphatic carbocycles. The smallest absolute Gasteiger partial charge is 0.206 e. The molecule has 0 bridgehead atoms. The van der Waals surface area contributed by atoms with Crippen molar-refractivity contribution in [1.82, 2.24) is 0 Å². The molecule has 4 rings (SSSR count). The third kappa shape index (κ3) is 4.02. The molecule has 3 aromatic carbocycles. The molecule has 1 aromatic heterocycles. The van der Waals surface area contributed by atoms with Gasteiger partial charge in [-0.2, -0.15) is 0 Å². The van der Waals surface area contributed by atoms with Crippen LogP contribution in [0.3, 0.4) is 0 Å². The van der Waals surface area contributed by atoms with Crippen LogP contribution in [0.25, 0.3) is 16.2 Å². The van der Waals surface area contributed by atoms with Gasteiger partial charge in [-0.1, -0.05) is 48.5 Å². The van der Waals surface area contributed by atoms with Crippen LogP contribution in [0.15, 0.2) is 78.9 Å². The van der Waals surface area contributed by atoms with Crippen molar-refractivity contribution in [2.45, 2.75) is 0 Å². The van der Waals surface area contributed by atoms with Crippen LogP contribution >= 0.6 is 11.3 Å². The van der Waals surface area contributed by atoms with Crippen molar-refractivity contribution < 1.29 is 19.1 Å². The molecule has 0 saturated heterocycles. The zero-order valence-corrected chi connectivity index (χ0v) is 17.0. The van der Waals surface area contributed by atoms with Gasteiger partial charge < -0.3 is 9.47 Å². The summed E-state index contributed by atoms with van der Waals surface area (Å²) in [5.41, 5.74) is 1.49. The molecule has 0 radical (unpaired) electrons. The normalized spacial score (nSPS) is 11.0. The predicted molar refractivity (Wildman–Crippen MR) is 120 cm³/mol. The van der Waals surface area contributed by atoms with Gasteiger partial charge in [0.2, 0.25) is 5.78 Å². The highest BCUT2D eigenvalue weighted by molar-refractivity contribution is 7.21. The molecule has 0 unspecified atom stereocenters. The summed E-state index contributed by atoms with van der Waals surface area (Å²) in [5.74, 6) is 1.77. The molecular weight excluding hydrogens is 396 g/mol. The standard InChI is InChI=1S/C25H18O4S/c1-28-20-13-14-21-22(16-20)30-25(23(27)18-7-3-2-4-8-18)24(21)29-19-11-9-17(10-12-19)6-5-15-26/h2-16H,1H3/b6-5+. The summed E-state index contributed by atoms with van der Waals surface area (Å²) in [6.07, 6.45) is 3.89. The molecule has 30 heavy (non-hydrogen) atoms. The van der Waals surface area contributed by atoms with E-state index in [0.717, 1.165) is 27.7 Å². The Kier molecular flexibility index (Phi) is 5.72. The van der Waals surface area contributed by atoms with E-state index in [4.69, 9.17) is 9.47 Å². The first kappa shape index (κ1) is 19.6. The Balaban J connectivity index is 1.77. The molecule has 148 valence electrons. The number of ether oxygens (including phenoxy) is 2. The number of carbonyl (C=O) groups is 2. The van der Waals surface area contributed by atoms with Gasteiger partial charge in [-0.25, -0.2) is 0 Å². The van der Waals surface area contributed by atoms with Gasteiger partial charge in [0.1, 0.15) is 22.7 Å². The number of hydrogen-bond acceptors (Lipinski definition) is 5. The molecule has 0 atom stereocenters. The van der Waals surface area contributed by atoms with Crippen LogP contribution in [-0.4, -0.2) is 19.2 Å². The van der Waals surface area contributed by atoms with Crippen LogP contribution in [0, 0.1) is 0 Å². The van der Waals surface area contributed by atoms with E-state index in [1.165, 1.54) is 17.4 Å². The minimum absolute atomic E-state index is 0.0868. The van der Waals surface area contributed by atoms with Crippen molar-refractivity contribution in [1.29, 1.82) is 0 Å². The van der Waals surface area contributed by atoms with Crippen molar-refractivity contribution in [3.05, 3.63) is 94.9 Å². The lowest BCUT2D eigenvalue weighted by atomic mass is 10.1. The quantitative estimate of drug-likeness (QED) is 0.207. The number of ketones is 1. The monoisotopic (exact) mass is 414 g/mol. The van der Waals surface area contributed by atoms with Gasteiger partial charge in [-0.05, 0) is 42.0 Å². The maximum atomic E-state index is 13.2. The van der Waals surface area contributed by atoms with Crippen molar-refractivity contribution in [2.24, 2.45) is 0 Å². The summed E-state index contributed by atoms with van der Waals surface area (Å²) in [4.78, 5) is 24.2. The summed E-state index contributed by atoms with van der Waals surface area (Å²) in [7, 11) is 1.61. The first-order valence-corrected chi connectivity index (χ1v) is 10.1. The first-order chi connectivity index (χ1) is 14.7. The van der Waals surface area contributed by atoms with Crippen LogP contribution in [-0.2, 0) is 4.79 Å². The molecule has 0 fully saturated rings. The minimum atomic E-state index is -0.0868. The lowest BCUT2D eigenvalue weighted by Crippen LogP contribution is -2.00. The SMILES string of the molecule is COc1ccc2c(Oc3ccc(/C=C/C=O)cc3)c(C(=O)c3ccccc3)sc2c1. The zero-order valence-electron chi connectivity index (χ0n) is 16.2. The van der Waals surface area contributed by atoms with Gasteiger partial charge in [0.05, 0.1) is 7.11 Å². The number of benzene rings is 3. The summed E-state index contributed by atoms with van der Waals surface area (Å²) in [6, 6.07) is 22.2. The number of aldehydes is 1. The van der Waals surface area contributed by atoms with Gasteiger partial charge in [-0.15, -0.1) is 11.3 Å². The molecule has 0 spiro atoms. The fourth-order valence-electron chi connectivity index (χ4n) is 3.07. The second-order valence-corrected chi connectivity index (χ2v) is 7.54. The van der Waals surface area contributed by atoms with E-state index in [1.54, 1.807) is 25.3 Å². The second-order valence-electron chi connectivity index (χ2n) is 6.48. The Morgan fingerprint density at radius 1 is 0.933 bits per heavy atom. The van der Waals surface area contributed by atoms with Gasteiger partial charge >= 0.3 is 0 Å². The second kappa shape index (κ2) is 8.76. The fraction of sp³-hybridized carbons (Fsp3) is 0.0400. The Bertz CT molecular complexity index is 1220. The van der Waals surface area contributed by atoms with Crippen molar-refractivity contribution in [3.63, 3.8) is 0 Å². The van der Waals surface area contributed by atoms with E-state index < -0.39 is 0 Å². The Morgan fingerprint density at radius 2 is 1.67 bits per heavy atom. The topological polar surface area (TPSA) is 52.6 Å². The number of hydrogen-bond donors (Lipinski definition) is 0. The van der Waals surface area contributed by atoms with Crippen molar-refractivity contribution in [2.75, 3.05) is 7.11 Å². The van der Waals surface area contributed by atoms with Crippen LogP contribution in [0.1, 0.15) is 20.8 Å². The van der Waals surface area contributed by atoms with Crippen LogP contribution in [0.5, 0.6) is 17.2 Å². The van der Waals surface area contributed by atoms with E-state index in [-0.39, 0.29) is 5.78 Å². The number of fused-ring (bicyclic) bond motifs is 1. The molecule has 0 aliphatic heterocycles. The average Bonchev–Trinajstić information content (AvgIpc) is 3.16. The molecule has 5 heteroatoms. The number of methoxy groups -OCH3 is 1. The third-order valence-corrected chi connectivity index (χ3v) is 5.69. The van der Waals surface area contributed by atoms with Crippen LogP contribution < -0.4 is 9.47 Å². The minimum Gasteiger partial charge on any atom is -0.497 e. The van der Waals surface area contributed by atoms with Gasteiger partial charge in [-0.3, -0.25) is 9.59 Å². The van der Waals surface area contributed by atoms with Crippen molar-refractivity contribution in [3.8, 4) is 17.2 Å². The highest BCUT2D eigenvalue weighted by Gasteiger charge is 2.22. The summed E-state index contributed by atoms with van der Waals surface area (Å²) >= 11 is 1.39. The molecule has 0 aliphatic rings. The van der Waals surface area contributed by atoms with E-state index in [0.29, 0.717) is 21.9 Å². The number of allylic oxidation sites excluding steroid dienone is 1. The number of rotatable bonds is 7. The van der Waals surface area contributed by atoms with Crippen LogP contribution in [0.2, 0.25) is 0 Å². The highest BCUT2D eigenvalue weighted by Crippen LogP contribution is 2.42. The first-order valence-electron chi connectivity index (χ1n) is 9.29. The maximum absolute atomic E-state index is 13.2. The van der Waals surface area contributed by atoms with Gasteiger partial charge in [0.25, 0.3) is 0 Å². The maximum Gasteiger partial charge on any atom is 0.206 e. The summed E-state index contributed by atoms with van der Waals surface area (Å²) < 4.78 is 12.4. The molecule has 4 nitrogen and oxygen atoms in total. The van der Waals surface area contributed by atoms with Crippen LogP contribution in [0.4, 0.5) is 0 Å². The molecule has 0 amide bonds. The molecule has 0 saturated carbocycles. The molecule has 4 aromatic rings. The van der Waals surface area contributed by atoms with Gasteiger partial charge in [0, 0.05) is 15.6 Å². The Morgan fingerprint density at radius 3 is 2.37 bits per heavy atom. The van der Waals surface area contributed by atoms with E-state index in [9.17, 15) is 9.59 Å². The summed E-state index contributed by atoms with van der Waals surface area (Å²) in [6.45, 7) is 0. The number of carbonyl (C=O) groups excluding carboxylic acids is 2. The van der Waals surface area contributed by atoms with E-state index >= 15 is 0 Å². The Hall–Kier alpha value is -3.70. The third-order valence-electron chi connectivity index (χ3n) is 4.56. The molecular formula is C25H18O4S. The molecule has 0 N–H and O–H groups in total. The fourth-order valence-corrected chi connectivity index (χ4v) is 4.19. The lowest BCUT2D eigenvalue weighted by molar-refractivity contribution is -0.104. The highest BCUT2D eigenvalue weighted by atomic mass is 32.1. The zero-order chi connectivity index (χ0) is 20.9. The largest absolute Gasteiger partial charge is 0.497 e. The average molecular weight is 414 g/mol. The summed E-state index contributed by atoms with van der Waals surface area (Å²) in [5, 5.41) is 0.852. The Labute approximate surface area is 178 Å². The van der Waals surface area contributed by atoms with E-state index in [2.05, 4.69) is 0 Å². The molecule has 1 heterocycles. The predicted octanol–water partition coefficient (Wildman–Crippen LogP) is 6.15. The van der Waals surface area contributed by atoms with Crippen molar-refractivity contribution >= 4 is 39.6 Å². The lowest BCUT2D eigenvalue weighted by Gasteiger charge is -2.08. The van der Waals surface area contributed by atoms with E-state index in [1.807, 2.05) is 60.7 Å². The number of thiophene rings is 1. The van der Waals surface area contributed by atoms with Gasteiger partial charge in [0.15, 0.2) is 5.75 Å².